The fourth-order valence-corrected chi connectivity index (χ4v) is 2.71. The molecule has 5 heteroatoms. The monoisotopic (exact) mass is 316 g/mol. The summed E-state index contributed by atoms with van der Waals surface area (Å²) in [6.07, 6.45) is 1.01. The molecule has 126 valence electrons. The number of anilines is 1. The van der Waals surface area contributed by atoms with Gasteiger partial charge in [-0.25, -0.2) is 0 Å². The molecular weight excluding hydrogens is 288 g/mol. The van der Waals surface area contributed by atoms with Crippen molar-refractivity contribution in [1.29, 1.82) is 0 Å². The smallest absolute Gasteiger partial charge is 0.0644 e. The zero-order chi connectivity index (χ0) is 16.8. The van der Waals surface area contributed by atoms with Crippen molar-refractivity contribution in [2.24, 2.45) is 0 Å². The van der Waals surface area contributed by atoms with Gasteiger partial charge in [0, 0.05) is 37.6 Å². The van der Waals surface area contributed by atoms with Gasteiger partial charge in [0.15, 0.2) is 0 Å². The third-order valence-electron chi connectivity index (χ3n) is 4.19. The van der Waals surface area contributed by atoms with Gasteiger partial charge >= 0.3 is 0 Å². The molecule has 1 aromatic carbocycles. The number of aliphatic hydroxyl groups is 1. The maximum atomic E-state index is 9.06. The molecule has 0 spiro atoms. The summed E-state index contributed by atoms with van der Waals surface area (Å²) in [5, 5.41) is 17.0. The highest BCUT2D eigenvalue weighted by atomic mass is 16.3. The van der Waals surface area contributed by atoms with Crippen LogP contribution in [0.1, 0.15) is 22.5 Å². The predicted octanol–water partition coefficient (Wildman–Crippen LogP) is 1.89. The predicted molar refractivity (Wildman–Crippen MR) is 95.0 cm³/mol. The third kappa shape index (κ3) is 4.56. The summed E-state index contributed by atoms with van der Waals surface area (Å²) in [5.74, 6) is 0. The van der Waals surface area contributed by atoms with E-state index in [9.17, 15) is 0 Å². The van der Waals surface area contributed by atoms with Crippen LogP contribution in [0.5, 0.6) is 0 Å². The van der Waals surface area contributed by atoms with Gasteiger partial charge in [0.2, 0.25) is 0 Å². The second kappa shape index (κ2) is 8.13. The Balaban J connectivity index is 1.83. The maximum Gasteiger partial charge on any atom is 0.0644 e. The number of aryl methyl sites for hydroxylation is 1. The summed E-state index contributed by atoms with van der Waals surface area (Å²) in [6.45, 7) is 6.53. The van der Waals surface area contributed by atoms with E-state index in [-0.39, 0.29) is 6.61 Å². The van der Waals surface area contributed by atoms with Gasteiger partial charge in [-0.15, -0.1) is 0 Å². The zero-order valence-electron chi connectivity index (χ0n) is 14.6. The van der Waals surface area contributed by atoms with Gasteiger partial charge in [-0.05, 0) is 44.5 Å². The van der Waals surface area contributed by atoms with Crippen molar-refractivity contribution < 1.29 is 5.11 Å². The number of aliphatic hydroxyl groups excluding tert-OH is 1. The first kappa shape index (κ1) is 17.5. The average Bonchev–Trinajstić information content (AvgIpc) is 2.79. The maximum absolute atomic E-state index is 9.06. The Kier molecular flexibility index (Phi) is 6.19. The standard InChI is InChI=1S/C18H28N4O/c1-14-18(15(2)22(20-14)11-12-23)13-19-10-9-16-5-7-17(8-6-16)21(3)4/h5-8,19,23H,9-13H2,1-4H3. The first-order valence-corrected chi connectivity index (χ1v) is 8.13. The van der Waals surface area contributed by atoms with E-state index in [1.54, 1.807) is 0 Å². The molecule has 2 aromatic rings. The van der Waals surface area contributed by atoms with Crippen molar-refractivity contribution in [3.8, 4) is 0 Å². The quantitative estimate of drug-likeness (QED) is 0.730. The Morgan fingerprint density at radius 2 is 1.87 bits per heavy atom. The summed E-state index contributed by atoms with van der Waals surface area (Å²) in [6, 6.07) is 8.69. The lowest BCUT2D eigenvalue weighted by molar-refractivity contribution is 0.267. The van der Waals surface area contributed by atoms with Crippen LogP contribution in [0.15, 0.2) is 24.3 Å². The highest BCUT2D eigenvalue weighted by Crippen LogP contribution is 2.14. The Bertz CT molecular complexity index is 617. The van der Waals surface area contributed by atoms with Gasteiger partial charge in [0.05, 0.1) is 18.8 Å². The van der Waals surface area contributed by atoms with Gasteiger partial charge in [-0.1, -0.05) is 12.1 Å². The minimum Gasteiger partial charge on any atom is -0.394 e. The molecular formula is C18H28N4O. The van der Waals surface area contributed by atoms with E-state index in [4.69, 9.17) is 5.11 Å². The van der Waals surface area contributed by atoms with E-state index in [1.807, 2.05) is 11.6 Å². The van der Waals surface area contributed by atoms with Crippen LogP contribution in [0.4, 0.5) is 5.69 Å². The topological polar surface area (TPSA) is 53.3 Å². The third-order valence-corrected chi connectivity index (χ3v) is 4.19. The zero-order valence-corrected chi connectivity index (χ0v) is 14.6. The van der Waals surface area contributed by atoms with Crippen LogP contribution in [0.3, 0.4) is 0 Å². The molecule has 0 aliphatic carbocycles. The lowest BCUT2D eigenvalue weighted by atomic mass is 10.1. The van der Waals surface area contributed by atoms with Crippen LogP contribution in [-0.4, -0.2) is 42.1 Å². The van der Waals surface area contributed by atoms with Crippen molar-refractivity contribution in [3.05, 3.63) is 46.8 Å². The minimum atomic E-state index is 0.123. The SMILES string of the molecule is Cc1nn(CCO)c(C)c1CNCCc1ccc(N(C)C)cc1. The minimum absolute atomic E-state index is 0.123. The first-order valence-electron chi connectivity index (χ1n) is 8.13. The highest BCUT2D eigenvalue weighted by molar-refractivity contribution is 5.46. The normalized spacial score (nSPS) is 11.0. The summed E-state index contributed by atoms with van der Waals surface area (Å²) < 4.78 is 1.88. The van der Waals surface area contributed by atoms with E-state index in [2.05, 4.69) is 60.6 Å². The molecule has 5 nitrogen and oxygen atoms in total. The molecule has 0 unspecified atom stereocenters. The molecule has 0 radical (unpaired) electrons. The van der Waals surface area contributed by atoms with Crippen molar-refractivity contribution in [3.63, 3.8) is 0 Å². The van der Waals surface area contributed by atoms with Gasteiger partial charge in [-0.2, -0.15) is 5.10 Å². The number of rotatable bonds is 8. The van der Waals surface area contributed by atoms with Crippen molar-refractivity contribution >= 4 is 5.69 Å². The molecule has 0 amide bonds. The molecule has 2 rings (SSSR count). The number of nitrogens with one attached hydrogen (secondary N) is 1. The molecule has 0 fully saturated rings. The lowest BCUT2D eigenvalue weighted by Gasteiger charge is -2.12. The Morgan fingerprint density at radius 3 is 2.48 bits per heavy atom. The van der Waals surface area contributed by atoms with Crippen LogP contribution >= 0.6 is 0 Å². The number of aromatic nitrogens is 2. The van der Waals surface area contributed by atoms with Gasteiger partial charge in [0.25, 0.3) is 0 Å². The molecule has 0 atom stereocenters. The van der Waals surface area contributed by atoms with Crippen LogP contribution in [0, 0.1) is 13.8 Å². The molecule has 23 heavy (non-hydrogen) atoms. The van der Waals surface area contributed by atoms with E-state index >= 15 is 0 Å². The van der Waals surface area contributed by atoms with E-state index in [1.165, 1.54) is 16.8 Å². The molecule has 0 saturated carbocycles. The van der Waals surface area contributed by atoms with Gasteiger partial charge in [0.1, 0.15) is 0 Å². The molecule has 1 heterocycles. The molecule has 0 saturated heterocycles. The molecule has 0 bridgehead atoms. The van der Waals surface area contributed by atoms with Crippen LogP contribution in [0.2, 0.25) is 0 Å². The number of hydrogen-bond donors (Lipinski definition) is 2. The molecule has 2 N–H and O–H groups in total. The summed E-state index contributed by atoms with van der Waals surface area (Å²) in [4.78, 5) is 2.11. The van der Waals surface area contributed by atoms with E-state index < -0.39 is 0 Å². The molecule has 0 aliphatic heterocycles. The average molecular weight is 316 g/mol. The Hall–Kier alpha value is -1.85. The molecule has 1 aromatic heterocycles. The van der Waals surface area contributed by atoms with Gasteiger partial charge in [-0.3, -0.25) is 4.68 Å². The summed E-state index contributed by atoms with van der Waals surface area (Å²) in [5.41, 5.74) is 5.98. The van der Waals surface area contributed by atoms with Crippen molar-refractivity contribution in [1.82, 2.24) is 15.1 Å². The fraction of sp³-hybridized carbons (Fsp3) is 0.500. The summed E-state index contributed by atoms with van der Waals surface area (Å²) >= 11 is 0. The van der Waals surface area contributed by atoms with Crippen LogP contribution in [-0.2, 0) is 19.5 Å². The van der Waals surface area contributed by atoms with Gasteiger partial charge < -0.3 is 15.3 Å². The number of hydrogen-bond acceptors (Lipinski definition) is 4. The fourth-order valence-electron chi connectivity index (χ4n) is 2.71. The van der Waals surface area contributed by atoms with E-state index in [0.29, 0.717) is 6.54 Å². The number of nitrogens with zero attached hydrogens (tertiary/aromatic N) is 3. The van der Waals surface area contributed by atoms with Crippen molar-refractivity contribution in [2.45, 2.75) is 33.4 Å². The molecule has 0 aliphatic rings. The first-order chi connectivity index (χ1) is 11.0. The Labute approximate surface area is 138 Å². The summed E-state index contributed by atoms with van der Waals surface area (Å²) in [7, 11) is 4.11. The lowest BCUT2D eigenvalue weighted by Crippen LogP contribution is -2.18. The number of benzene rings is 1. The van der Waals surface area contributed by atoms with Crippen LogP contribution < -0.4 is 10.2 Å². The largest absolute Gasteiger partial charge is 0.394 e. The highest BCUT2D eigenvalue weighted by Gasteiger charge is 2.10. The second-order valence-corrected chi connectivity index (χ2v) is 6.08. The van der Waals surface area contributed by atoms with Crippen LogP contribution in [0.25, 0.3) is 0 Å². The second-order valence-electron chi connectivity index (χ2n) is 6.08. The van der Waals surface area contributed by atoms with Crippen molar-refractivity contribution in [2.75, 3.05) is 32.1 Å². The van der Waals surface area contributed by atoms with E-state index in [0.717, 1.165) is 30.9 Å². The Morgan fingerprint density at radius 1 is 1.17 bits per heavy atom.